The van der Waals surface area contributed by atoms with E-state index in [2.05, 4.69) is 29.8 Å². The number of carbonyl (C=O) groups is 2. The fourth-order valence-corrected chi connectivity index (χ4v) is 5.43. The van der Waals surface area contributed by atoms with Crippen LogP contribution in [0, 0.1) is 6.92 Å². The average Bonchev–Trinajstić information content (AvgIpc) is 3.02. The van der Waals surface area contributed by atoms with E-state index in [0.717, 1.165) is 35.9 Å². The van der Waals surface area contributed by atoms with Crippen molar-refractivity contribution >= 4 is 78.4 Å². The average molecular weight is 665 g/mol. The molecule has 0 aliphatic rings. The summed E-state index contributed by atoms with van der Waals surface area (Å²) in [6, 6.07) is 16.5. The van der Waals surface area contributed by atoms with Crippen molar-refractivity contribution in [1.29, 1.82) is 0 Å². The summed E-state index contributed by atoms with van der Waals surface area (Å²) >= 11 is 0.538. The minimum absolute atomic E-state index is 0.0690. The van der Waals surface area contributed by atoms with Gasteiger partial charge in [0, 0.05) is 16.2 Å². The van der Waals surface area contributed by atoms with E-state index >= 15 is 0 Å². The van der Waals surface area contributed by atoms with Gasteiger partial charge in [-0.3, -0.25) is 4.55 Å². The zero-order valence-corrected chi connectivity index (χ0v) is 24.9. The van der Waals surface area contributed by atoms with E-state index in [4.69, 9.17) is 5.26 Å². The maximum absolute atomic E-state index is 12.0. The number of fused-ring (bicyclic) bond motifs is 2. The van der Waals surface area contributed by atoms with E-state index in [9.17, 15) is 37.9 Å². The molecule has 5 aromatic carbocycles. The predicted octanol–water partition coefficient (Wildman–Crippen LogP) is 7.91. The van der Waals surface area contributed by atoms with Crippen LogP contribution in [-0.4, -0.2) is 45.5 Å². The summed E-state index contributed by atoms with van der Waals surface area (Å²) in [5, 5.41) is 60.1. The number of rotatable bonds is 10. The number of phenols is 1. The lowest BCUT2D eigenvalue weighted by molar-refractivity contribution is -0.432. The topological polar surface area (TPSA) is 237 Å². The molecule has 234 valence electrons. The summed E-state index contributed by atoms with van der Waals surface area (Å²) in [7, 11) is -4.66. The van der Waals surface area contributed by atoms with Crippen molar-refractivity contribution in [2.24, 2.45) is 20.5 Å². The molecule has 0 saturated carbocycles. The van der Waals surface area contributed by atoms with Crippen LogP contribution >= 0.6 is 12.0 Å². The van der Waals surface area contributed by atoms with Gasteiger partial charge in [0.1, 0.15) is 5.69 Å². The molecule has 0 saturated heterocycles. The quantitative estimate of drug-likeness (QED) is 0.0315. The van der Waals surface area contributed by atoms with Crippen LogP contribution in [0.5, 0.6) is 5.75 Å². The van der Waals surface area contributed by atoms with Crippen molar-refractivity contribution in [3.05, 3.63) is 89.5 Å². The van der Waals surface area contributed by atoms with Crippen molar-refractivity contribution in [2.75, 3.05) is 0 Å². The highest BCUT2D eigenvalue weighted by molar-refractivity contribution is 7.94. The maximum atomic E-state index is 12.0. The fraction of sp³-hybridized carbons (Fsp3) is 0.0345. The van der Waals surface area contributed by atoms with Crippen LogP contribution in [0.4, 0.5) is 22.7 Å². The van der Waals surface area contributed by atoms with E-state index in [1.807, 2.05) is 13.0 Å². The molecule has 5 N–H and O–H groups in total. The van der Waals surface area contributed by atoms with Crippen LogP contribution in [-0.2, 0) is 19.5 Å². The Morgan fingerprint density at radius 3 is 2.04 bits per heavy atom. The van der Waals surface area contributed by atoms with Gasteiger partial charge in [0.2, 0.25) is 0 Å². The van der Waals surface area contributed by atoms with Gasteiger partial charge >= 0.3 is 11.9 Å². The van der Waals surface area contributed by atoms with Crippen molar-refractivity contribution in [1.82, 2.24) is 0 Å². The molecular weight excluding hydrogens is 644 g/mol. The molecule has 0 aliphatic carbocycles. The van der Waals surface area contributed by atoms with E-state index < -0.39 is 27.0 Å². The van der Waals surface area contributed by atoms with Crippen LogP contribution in [0.15, 0.2) is 103 Å². The Morgan fingerprint density at radius 1 is 0.761 bits per heavy atom. The van der Waals surface area contributed by atoms with Crippen LogP contribution < -0.4 is 0 Å². The zero-order chi connectivity index (χ0) is 33.2. The number of aromatic hydroxyl groups is 1. The van der Waals surface area contributed by atoms with Gasteiger partial charge < -0.3 is 15.3 Å². The maximum Gasteiger partial charge on any atom is 0.335 e. The number of phenolic OH excluding ortho intramolecular Hbond substituents is 1. The van der Waals surface area contributed by atoms with Gasteiger partial charge in [-0.1, -0.05) is 28.8 Å². The van der Waals surface area contributed by atoms with Crippen LogP contribution in [0.2, 0.25) is 0 Å². The summed E-state index contributed by atoms with van der Waals surface area (Å²) in [4.78, 5) is 22.7. The molecule has 0 heterocycles. The molecule has 0 bridgehead atoms. The van der Waals surface area contributed by atoms with Crippen molar-refractivity contribution in [3.8, 4) is 5.75 Å². The molecule has 0 amide bonds. The minimum atomic E-state index is -4.66. The van der Waals surface area contributed by atoms with E-state index in [-0.39, 0.29) is 55.3 Å². The molecule has 5 rings (SSSR count). The summed E-state index contributed by atoms with van der Waals surface area (Å²) in [5.41, 5.74) is 0.256. The lowest BCUT2D eigenvalue weighted by Crippen LogP contribution is -2.01. The van der Waals surface area contributed by atoms with Gasteiger partial charge in [0.25, 0.3) is 10.1 Å². The monoisotopic (exact) mass is 664 g/mol. The molecule has 5 aromatic rings. The Labute approximate surface area is 262 Å². The van der Waals surface area contributed by atoms with Gasteiger partial charge in [-0.2, -0.15) is 13.5 Å². The first kappa shape index (κ1) is 32.1. The number of azo groups is 2. The van der Waals surface area contributed by atoms with Gasteiger partial charge in [-0.05, 0) is 66.9 Å². The highest BCUT2D eigenvalue weighted by Crippen LogP contribution is 2.45. The summed E-state index contributed by atoms with van der Waals surface area (Å²) in [5.74, 6) is -3.02. The number of carboxylic acids is 2. The van der Waals surface area contributed by atoms with E-state index in [1.165, 1.54) is 18.2 Å². The molecule has 0 unspecified atom stereocenters. The molecule has 46 heavy (non-hydrogen) atoms. The molecule has 0 spiro atoms. The first-order chi connectivity index (χ1) is 21.8. The third-order valence-electron chi connectivity index (χ3n) is 6.54. The second-order valence-electron chi connectivity index (χ2n) is 9.59. The molecule has 0 fully saturated rings. The van der Waals surface area contributed by atoms with E-state index in [0.29, 0.717) is 22.8 Å². The van der Waals surface area contributed by atoms with Gasteiger partial charge in [0.15, 0.2) is 5.75 Å². The summed E-state index contributed by atoms with van der Waals surface area (Å²) in [6.07, 6.45) is 0. The third kappa shape index (κ3) is 6.84. The minimum Gasteiger partial charge on any atom is -0.505 e. The fourth-order valence-electron chi connectivity index (χ4n) is 4.43. The number of hydrogen-bond donors (Lipinski definition) is 5. The number of aryl methyl sites for hydroxylation is 1. The third-order valence-corrected chi connectivity index (χ3v) is 8.01. The number of nitrogens with zero attached hydrogens (tertiary/aromatic N) is 4. The first-order valence-corrected chi connectivity index (χ1v) is 14.9. The van der Waals surface area contributed by atoms with Crippen LogP contribution in [0.3, 0.4) is 0 Å². The molecular formula is C29H20N4O11S2. The Balaban J connectivity index is 1.65. The largest absolute Gasteiger partial charge is 0.505 e. The Hall–Kier alpha value is -5.30. The number of carboxylic acid groups (broad SMARTS) is 2. The Bertz CT molecular complexity index is 2190. The molecule has 0 aliphatic heterocycles. The normalized spacial score (nSPS) is 12.1. The van der Waals surface area contributed by atoms with Gasteiger partial charge in [-0.15, -0.1) is 19.7 Å². The number of aromatic carboxylic acids is 2. The Kier molecular flexibility index (Phi) is 9.05. The SMILES string of the molecule is Cc1ccc2cc(SOOO)c(N=Nc3ccc(N=Nc4cc(C(=O)O)cc(C(=O)O)c4)c4ccc(S(=O)(=O)O)cc34)c(O)c2c1. The lowest BCUT2D eigenvalue weighted by atomic mass is 10.1. The lowest BCUT2D eigenvalue weighted by Gasteiger charge is -2.10. The summed E-state index contributed by atoms with van der Waals surface area (Å²) < 4.78 is 38.2. The van der Waals surface area contributed by atoms with Gasteiger partial charge in [0.05, 0.1) is 50.0 Å². The second-order valence-corrected chi connectivity index (χ2v) is 11.8. The summed E-state index contributed by atoms with van der Waals surface area (Å²) in [6.45, 7) is 1.83. The second kappa shape index (κ2) is 13.0. The molecule has 0 aromatic heterocycles. The van der Waals surface area contributed by atoms with Crippen molar-refractivity contribution in [3.63, 3.8) is 0 Å². The van der Waals surface area contributed by atoms with Crippen molar-refractivity contribution in [2.45, 2.75) is 16.7 Å². The molecule has 0 radical (unpaired) electrons. The number of benzene rings is 5. The standard InChI is InChI=1S/C29H20N4O11S2/c1-14-2-3-15-12-25(45-44-43-39)26(27(34)21(15)8-14)33-32-24-7-6-23(20-5-4-19(13-22(20)24)46(40,41)42)31-30-18-10-16(28(35)36)9-17(11-18)29(37)38/h2-13,34,39H,1H3,(H,35,36)(H,37,38)(H,40,41,42). The van der Waals surface area contributed by atoms with Crippen LogP contribution in [0.25, 0.3) is 21.5 Å². The van der Waals surface area contributed by atoms with Gasteiger partial charge in [-0.25, -0.2) is 14.8 Å². The smallest absolute Gasteiger partial charge is 0.335 e. The van der Waals surface area contributed by atoms with E-state index in [1.54, 1.807) is 18.2 Å². The molecule has 15 nitrogen and oxygen atoms in total. The number of hydrogen-bond acceptors (Lipinski definition) is 13. The zero-order valence-electron chi connectivity index (χ0n) is 23.2. The van der Waals surface area contributed by atoms with Crippen LogP contribution in [0.1, 0.15) is 26.3 Å². The highest BCUT2D eigenvalue weighted by Gasteiger charge is 2.18. The van der Waals surface area contributed by atoms with Crippen molar-refractivity contribution < 1.29 is 52.5 Å². The highest BCUT2D eigenvalue weighted by atomic mass is 32.2. The molecule has 17 heteroatoms. The predicted molar refractivity (Wildman–Crippen MR) is 163 cm³/mol. The first-order valence-electron chi connectivity index (χ1n) is 12.8. The Morgan fingerprint density at radius 2 is 1.41 bits per heavy atom. The molecule has 0 atom stereocenters.